The van der Waals surface area contributed by atoms with Crippen molar-refractivity contribution in [2.24, 2.45) is 23.7 Å². The van der Waals surface area contributed by atoms with Crippen LogP contribution in [-0.4, -0.2) is 133 Å². The van der Waals surface area contributed by atoms with Crippen LogP contribution in [0, 0.1) is 23.7 Å². The number of hydrogen-bond acceptors (Lipinski definition) is 15. The predicted molar refractivity (Wildman–Crippen MR) is 269 cm³/mol. The average Bonchev–Trinajstić information content (AvgIpc) is 3.92. The number of halogens is 2. The Labute approximate surface area is 423 Å². The molecule has 1 N–H and O–H groups in total. The second-order valence-corrected chi connectivity index (χ2v) is 22.3. The fourth-order valence-corrected chi connectivity index (χ4v) is 13.1. The van der Waals surface area contributed by atoms with Crippen LogP contribution in [0.1, 0.15) is 106 Å². The molecule has 384 valence electrons. The van der Waals surface area contributed by atoms with Crippen LogP contribution in [0.4, 0.5) is 5.69 Å². The summed E-state index contributed by atoms with van der Waals surface area (Å²) in [7, 11) is 7.03. The van der Waals surface area contributed by atoms with Crippen LogP contribution in [0.25, 0.3) is 0 Å². The number of anilines is 1. The number of carbonyl (C=O) groups is 3. The molecule has 1 aromatic carbocycles. The molecule has 0 bridgehead atoms. The van der Waals surface area contributed by atoms with Crippen LogP contribution < -0.4 is 14.4 Å². The number of rotatable bonds is 15. The Morgan fingerprint density at radius 1 is 1.00 bits per heavy atom. The number of methoxy groups -OCH3 is 2. The van der Waals surface area contributed by atoms with Crippen molar-refractivity contribution >= 4 is 58.4 Å². The molecule has 1 aliphatic carbocycles. The van der Waals surface area contributed by atoms with E-state index in [0.717, 1.165) is 31.4 Å². The number of aromatic nitrogens is 1. The Bertz CT molecular complexity index is 2120. The van der Waals surface area contributed by atoms with Gasteiger partial charge in [0.2, 0.25) is 0 Å². The van der Waals surface area contributed by atoms with Gasteiger partial charge in [0.25, 0.3) is 0 Å². The van der Waals surface area contributed by atoms with Crippen molar-refractivity contribution in [2.45, 2.75) is 166 Å². The summed E-state index contributed by atoms with van der Waals surface area (Å²) in [5.41, 5.74) is -0.620. The molecule has 0 radical (unpaired) electrons. The summed E-state index contributed by atoms with van der Waals surface area (Å²) in [6.45, 7) is 15.6. The van der Waals surface area contributed by atoms with Crippen LogP contribution >= 0.6 is 35.0 Å². The lowest BCUT2D eigenvalue weighted by Gasteiger charge is -2.46. The third kappa shape index (κ3) is 12.4. The highest BCUT2D eigenvalue weighted by Gasteiger charge is 2.61. The molecule has 0 unspecified atom stereocenters. The number of hydrogen-bond donors (Lipinski definition) is 1. The number of Topliss-reactive ketones (excluding diaryl/α,β-unsaturated/α-hetero) is 1. The van der Waals surface area contributed by atoms with Crippen LogP contribution in [-0.2, 0) is 44.6 Å². The molecular formula is C52H75Cl2N3O11S. The van der Waals surface area contributed by atoms with E-state index in [9.17, 15) is 14.7 Å². The number of carbonyl (C=O) groups excluding carboxylic acids is 3. The van der Waals surface area contributed by atoms with Crippen molar-refractivity contribution < 1.29 is 52.6 Å². The van der Waals surface area contributed by atoms with Crippen molar-refractivity contribution in [2.75, 3.05) is 45.5 Å². The normalized spacial score (nSPS) is 33.9. The summed E-state index contributed by atoms with van der Waals surface area (Å²) < 4.78 is 44.3. The second kappa shape index (κ2) is 23.6. The zero-order chi connectivity index (χ0) is 50.5. The number of ketones is 1. The highest BCUT2D eigenvalue weighted by molar-refractivity contribution is 8.00. The van der Waals surface area contributed by atoms with Gasteiger partial charge in [-0.2, -0.15) is 0 Å². The highest BCUT2D eigenvalue weighted by atomic mass is 35.5. The van der Waals surface area contributed by atoms with E-state index in [1.54, 1.807) is 46.5 Å². The number of benzene rings is 1. The molecule has 0 amide bonds. The van der Waals surface area contributed by atoms with Gasteiger partial charge in [-0.3, -0.25) is 14.6 Å². The van der Waals surface area contributed by atoms with Gasteiger partial charge in [-0.15, -0.1) is 11.8 Å². The number of likely N-dealkylation sites (N-methyl/N-ethyl adjacent to an activating group) is 1. The van der Waals surface area contributed by atoms with E-state index in [1.807, 2.05) is 78.7 Å². The fourth-order valence-electron chi connectivity index (χ4n) is 11.2. The van der Waals surface area contributed by atoms with Gasteiger partial charge < -0.3 is 48.1 Å². The maximum Gasteiger partial charge on any atom is 0.333 e. The van der Waals surface area contributed by atoms with Gasteiger partial charge in [0.05, 0.1) is 41.1 Å². The summed E-state index contributed by atoms with van der Waals surface area (Å²) in [5.74, 6) is -1.96. The molecule has 1 saturated carbocycles. The first-order chi connectivity index (χ1) is 32.7. The van der Waals surface area contributed by atoms with Gasteiger partial charge in [-0.1, -0.05) is 57.0 Å². The molecule has 1 aromatic heterocycles. The summed E-state index contributed by atoms with van der Waals surface area (Å²) >= 11 is 14.8. The smallest absolute Gasteiger partial charge is 0.333 e. The van der Waals surface area contributed by atoms with E-state index in [4.69, 9.17) is 56.4 Å². The van der Waals surface area contributed by atoms with Crippen molar-refractivity contribution in [3.05, 3.63) is 57.9 Å². The average molecular weight is 1020 g/mol. The number of aliphatic hydroxyl groups excluding tert-OH is 1. The van der Waals surface area contributed by atoms with E-state index in [-0.39, 0.29) is 30.5 Å². The SMILES string of the molecule is CC[C@H]1OC(=O)C(C)=C[C@H](C)[C@@H](O[C@@H]2O[C@H](C)C[C@H](N(C)C)[C@H]2O)[C@](C)(OC)C[C@@H](C)C(=O)[C@H](C)[C@H]2[C@H](SCCN(Cc3c(Cl)cncc3Cl)c3ccc(OC)c(OC4CCCC4)c3)C(=O)O[C@@]21C. The molecule has 0 spiro atoms. The molecule has 2 saturated heterocycles. The quantitative estimate of drug-likeness (QED) is 0.169. The maximum absolute atomic E-state index is 15.1. The maximum atomic E-state index is 15.1. The minimum absolute atomic E-state index is 0.0927. The molecular weight excluding hydrogens is 946 g/mol. The standard InChI is InChI=1S/C52H75Cl2N3O11S/c1-13-42-52(8)43(33(6)44(58)31(4)25-51(7,63-12)47(29(2)22-30(3)48(60)66-42)67-50-45(59)39(56(9)10)23-32(5)64-50)46(49(61)68-52)69-21-20-57(28-36-37(53)26-55-27-38(36)54)34-18-19-40(62-11)41(24-34)65-35-16-14-15-17-35/h18-19,22,24,26-27,29,31-33,35,39,42-43,45-47,50,59H,13-17,20-21,23,25,28H2,1-12H3/t29-,31+,32+,33+,39-,42+,43-,45+,46-,47+,50-,51+,52+/m0/s1. The van der Waals surface area contributed by atoms with Gasteiger partial charge >= 0.3 is 11.9 Å². The molecule has 14 nitrogen and oxygen atoms in total. The molecule has 3 aliphatic heterocycles. The lowest BCUT2D eigenvalue weighted by Crippen LogP contribution is -2.58. The monoisotopic (exact) mass is 1020 g/mol. The molecule has 3 fully saturated rings. The fraction of sp³-hybridized carbons (Fsp3) is 0.692. The minimum atomic E-state index is -1.35. The molecule has 4 aliphatic rings. The first kappa shape index (κ1) is 55.2. The van der Waals surface area contributed by atoms with E-state index in [0.29, 0.717) is 64.4 Å². The number of cyclic esters (lactones) is 1. The van der Waals surface area contributed by atoms with Crippen LogP contribution in [0.2, 0.25) is 10.0 Å². The zero-order valence-electron chi connectivity index (χ0n) is 42.5. The van der Waals surface area contributed by atoms with Gasteiger partial charge in [0.1, 0.15) is 23.2 Å². The van der Waals surface area contributed by atoms with E-state index >= 15 is 4.79 Å². The third-order valence-corrected chi connectivity index (χ3v) is 16.9. The number of nitrogens with zero attached hydrogens (tertiary/aromatic N) is 3. The molecule has 4 heterocycles. The van der Waals surface area contributed by atoms with Crippen LogP contribution in [0.3, 0.4) is 0 Å². The van der Waals surface area contributed by atoms with Crippen LogP contribution in [0.15, 0.2) is 42.2 Å². The van der Waals surface area contributed by atoms with Crippen molar-refractivity contribution in [3.8, 4) is 11.5 Å². The van der Waals surface area contributed by atoms with Gasteiger partial charge in [-0.25, -0.2) is 4.79 Å². The van der Waals surface area contributed by atoms with E-state index in [2.05, 4.69) is 9.88 Å². The van der Waals surface area contributed by atoms with Gasteiger partial charge in [0.15, 0.2) is 23.4 Å². The molecule has 13 atom stereocenters. The van der Waals surface area contributed by atoms with Crippen molar-refractivity contribution in [1.82, 2.24) is 9.88 Å². The first-order valence-electron chi connectivity index (χ1n) is 24.5. The van der Waals surface area contributed by atoms with Gasteiger partial charge in [0, 0.05) is 90.9 Å². The predicted octanol–water partition coefficient (Wildman–Crippen LogP) is 9.12. The Balaban J connectivity index is 1.33. The molecule has 17 heteroatoms. The summed E-state index contributed by atoms with van der Waals surface area (Å²) in [5, 5.41) is 11.6. The summed E-state index contributed by atoms with van der Waals surface area (Å²) in [6.07, 6.45) is 6.47. The van der Waals surface area contributed by atoms with E-state index < -0.39 is 76.7 Å². The topological polar surface area (TPSA) is 155 Å². The van der Waals surface area contributed by atoms with Crippen molar-refractivity contribution in [1.29, 1.82) is 0 Å². The Kier molecular flexibility index (Phi) is 18.9. The van der Waals surface area contributed by atoms with Crippen LogP contribution in [0.5, 0.6) is 11.5 Å². The number of thioether (sulfide) groups is 1. The number of esters is 2. The lowest BCUT2D eigenvalue weighted by molar-refractivity contribution is -0.294. The lowest BCUT2D eigenvalue weighted by atomic mass is 9.70. The Morgan fingerprint density at radius 3 is 2.30 bits per heavy atom. The minimum Gasteiger partial charge on any atom is -0.493 e. The van der Waals surface area contributed by atoms with Gasteiger partial charge in [-0.05, 0) is 98.9 Å². The number of fused-ring (bicyclic) bond motifs is 1. The summed E-state index contributed by atoms with van der Waals surface area (Å²) in [4.78, 5) is 51.9. The number of aliphatic hydroxyl groups is 1. The second-order valence-electron chi connectivity index (χ2n) is 20.2. The largest absolute Gasteiger partial charge is 0.493 e. The zero-order valence-corrected chi connectivity index (χ0v) is 44.8. The van der Waals surface area contributed by atoms with E-state index in [1.165, 1.54) is 11.8 Å². The number of ether oxygens (including phenoxy) is 7. The number of pyridine rings is 1. The Morgan fingerprint density at radius 2 is 1.68 bits per heavy atom. The molecule has 6 rings (SSSR count). The van der Waals surface area contributed by atoms with Crippen molar-refractivity contribution in [3.63, 3.8) is 0 Å². The third-order valence-electron chi connectivity index (χ3n) is 15.0. The highest BCUT2D eigenvalue weighted by Crippen LogP contribution is 2.49. The molecule has 69 heavy (non-hydrogen) atoms. The first-order valence-corrected chi connectivity index (χ1v) is 26.3. The summed E-state index contributed by atoms with van der Waals surface area (Å²) in [6, 6.07) is 5.59. The molecule has 2 aromatic rings. The Hall–Kier alpha value is -3.15.